The fourth-order valence-corrected chi connectivity index (χ4v) is 2.27. The Kier molecular flexibility index (Phi) is 4.09. The molecule has 1 aromatic heterocycles. The largest absolute Gasteiger partial charge is 0.342 e. The summed E-state index contributed by atoms with van der Waals surface area (Å²) in [5, 5.41) is 0. The molecule has 0 aromatic carbocycles. The van der Waals surface area contributed by atoms with E-state index in [4.69, 9.17) is 5.73 Å². The van der Waals surface area contributed by atoms with Crippen molar-refractivity contribution in [1.29, 1.82) is 0 Å². The van der Waals surface area contributed by atoms with Crippen LogP contribution in [-0.2, 0) is 11.2 Å². The fraction of sp³-hybridized carbons (Fsp3) is 0.538. The van der Waals surface area contributed by atoms with Gasteiger partial charge in [0, 0.05) is 32.0 Å². The molecule has 1 amide bonds. The average molecular weight is 233 g/mol. The average Bonchev–Trinajstić information content (AvgIpc) is 2.90. The van der Waals surface area contributed by atoms with Crippen LogP contribution >= 0.6 is 0 Å². The Hall–Kier alpha value is -1.42. The minimum Gasteiger partial charge on any atom is -0.342 e. The van der Waals surface area contributed by atoms with E-state index in [0.29, 0.717) is 13.0 Å². The molecular weight excluding hydrogens is 214 g/mol. The molecule has 0 radical (unpaired) electrons. The maximum atomic E-state index is 12.2. The third-order valence-corrected chi connectivity index (χ3v) is 3.28. The maximum absolute atomic E-state index is 12.2. The Morgan fingerprint density at radius 1 is 1.35 bits per heavy atom. The second-order valence-corrected chi connectivity index (χ2v) is 4.52. The van der Waals surface area contributed by atoms with Gasteiger partial charge in [0.05, 0.1) is 5.92 Å². The van der Waals surface area contributed by atoms with Gasteiger partial charge < -0.3 is 10.6 Å². The zero-order chi connectivity index (χ0) is 12.1. The fourth-order valence-electron chi connectivity index (χ4n) is 2.27. The van der Waals surface area contributed by atoms with Gasteiger partial charge in [-0.2, -0.15) is 0 Å². The van der Waals surface area contributed by atoms with Crippen molar-refractivity contribution in [1.82, 2.24) is 9.88 Å². The molecule has 2 heterocycles. The van der Waals surface area contributed by atoms with Gasteiger partial charge in [-0.05, 0) is 37.0 Å². The van der Waals surface area contributed by atoms with E-state index in [1.165, 1.54) is 0 Å². The quantitative estimate of drug-likeness (QED) is 0.837. The molecule has 0 saturated carbocycles. The van der Waals surface area contributed by atoms with E-state index >= 15 is 0 Å². The number of hydrogen-bond acceptors (Lipinski definition) is 3. The molecule has 0 aliphatic carbocycles. The molecule has 4 nitrogen and oxygen atoms in total. The van der Waals surface area contributed by atoms with E-state index in [9.17, 15) is 4.79 Å². The smallest absolute Gasteiger partial charge is 0.227 e. The topological polar surface area (TPSA) is 59.2 Å². The molecule has 0 spiro atoms. The molecule has 1 aliphatic rings. The summed E-state index contributed by atoms with van der Waals surface area (Å²) in [6, 6.07) is 3.89. The van der Waals surface area contributed by atoms with Crippen molar-refractivity contribution >= 4 is 5.91 Å². The van der Waals surface area contributed by atoms with E-state index in [-0.39, 0.29) is 11.8 Å². The standard InChI is InChI=1S/C13H19N3O/c14-10-12(9-11-3-5-15-6-4-11)13(17)16-7-1-2-8-16/h3-6,12H,1-2,7-10,14H2. The van der Waals surface area contributed by atoms with Crippen molar-refractivity contribution in [3.8, 4) is 0 Å². The molecule has 1 aromatic rings. The van der Waals surface area contributed by atoms with Gasteiger partial charge in [0.15, 0.2) is 0 Å². The molecule has 92 valence electrons. The first kappa shape index (κ1) is 12.0. The number of nitrogens with two attached hydrogens (primary N) is 1. The minimum absolute atomic E-state index is 0.0875. The van der Waals surface area contributed by atoms with Crippen LogP contribution in [0.2, 0.25) is 0 Å². The summed E-state index contributed by atoms with van der Waals surface area (Å²) >= 11 is 0. The van der Waals surface area contributed by atoms with Gasteiger partial charge in [0.1, 0.15) is 0 Å². The first-order valence-electron chi connectivity index (χ1n) is 6.19. The number of hydrogen-bond donors (Lipinski definition) is 1. The Morgan fingerprint density at radius 3 is 2.59 bits per heavy atom. The summed E-state index contributed by atoms with van der Waals surface area (Å²) in [5.41, 5.74) is 6.85. The lowest BCUT2D eigenvalue weighted by Crippen LogP contribution is -2.38. The molecule has 1 fully saturated rings. The van der Waals surface area contributed by atoms with Crippen LogP contribution in [0, 0.1) is 5.92 Å². The summed E-state index contributed by atoms with van der Waals surface area (Å²) in [7, 11) is 0. The third kappa shape index (κ3) is 3.03. The third-order valence-electron chi connectivity index (χ3n) is 3.28. The lowest BCUT2D eigenvalue weighted by Gasteiger charge is -2.22. The van der Waals surface area contributed by atoms with Gasteiger partial charge in [0.25, 0.3) is 0 Å². The van der Waals surface area contributed by atoms with Crippen molar-refractivity contribution in [2.75, 3.05) is 19.6 Å². The second-order valence-electron chi connectivity index (χ2n) is 4.52. The number of aromatic nitrogens is 1. The van der Waals surface area contributed by atoms with Crippen molar-refractivity contribution in [2.45, 2.75) is 19.3 Å². The van der Waals surface area contributed by atoms with Gasteiger partial charge in [0.2, 0.25) is 5.91 Å². The van der Waals surface area contributed by atoms with E-state index < -0.39 is 0 Å². The second kappa shape index (κ2) is 5.77. The minimum atomic E-state index is -0.0875. The molecule has 17 heavy (non-hydrogen) atoms. The molecule has 1 saturated heterocycles. The van der Waals surface area contributed by atoms with Gasteiger partial charge in [-0.1, -0.05) is 0 Å². The van der Waals surface area contributed by atoms with Crippen LogP contribution in [0.15, 0.2) is 24.5 Å². The van der Waals surface area contributed by atoms with Gasteiger partial charge in [-0.15, -0.1) is 0 Å². The first-order valence-corrected chi connectivity index (χ1v) is 6.19. The predicted octanol–water partition coefficient (Wildman–Crippen LogP) is 0.821. The highest BCUT2D eigenvalue weighted by Crippen LogP contribution is 2.15. The predicted molar refractivity (Wildman–Crippen MR) is 66.3 cm³/mol. The molecule has 4 heteroatoms. The number of nitrogens with zero attached hydrogens (tertiary/aromatic N) is 2. The Balaban J connectivity index is 1.98. The van der Waals surface area contributed by atoms with Crippen molar-refractivity contribution in [2.24, 2.45) is 11.7 Å². The van der Waals surface area contributed by atoms with E-state index in [0.717, 1.165) is 31.5 Å². The van der Waals surface area contributed by atoms with Crippen molar-refractivity contribution in [3.05, 3.63) is 30.1 Å². The van der Waals surface area contributed by atoms with Crippen molar-refractivity contribution < 1.29 is 4.79 Å². The summed E-state index contributed by atoms with van der Waals surface area (Å²) in [6.45, 7) is 2.20. The van der Waals surface area contributed by atoms with Crippen LogP contribution in [0.1, 0.15) is 18.4 Å². The lowest BCUT2D eigenvalue weighted by molar-refractivity contribution is -0.134. The number of carbonyl (C=O) groups is 1. The summed E-state index contributed by atoms with van der Waals surface area (Å²) in [4.78, 5) is 18.1. The van der Waals surface area contributed by atoms with Crippen LogP contribution in [0.5, 0.6) is 0 Å². The van der Waals surface area contributed by atoms with E-state index in [1.807, 2.05) is 17.0 Å². The molecule has 1 aliphatic heterocycles. The summed E-state index contributed by atoms with van der Waals surface area (Å²) < 4.78 is 0. The lowest BCUT2D eigenvalue weighted by atomic mass is 9.99. The highest BCUT2D eigenvalue weighted by Gasteiger charge is 2.25. The molecule has 1 unspecified atom stereocenters. The normalized spacial score (nSPS) is 17.1. The van der Waals surface area contributed by atoms with Gasteiger partial charge in [-0.25, -0.2) is 0 Å². The Bertz CT molecular complexity index is 360. The SMILES string of the molecule is NCC(Cc1ccncc1)C(=O)N1CCCC1. The first-order chi connectivity index (χ1) is 8.31. The molecule has 2 rings (SSSR count). The van der Waals surface area contributed by atoms with Gasteiger partial charge in [-0.3, -0.25) is 9.78 Å². The molecular formula is C13H19N3O. The van der Waals surface area contributed by atoms with Crippen LogP contribution in [0.3, 0.4) is 0 Å². The van der Waals surface area contributed by atoms with Gasteiger partial charge >= 0.3 is 0 Å². The highest BCUT2D eigenvalue weighted by atomic mass is 16.2. The Labute approximate surface area is 102 Å². The number of pyridine rings is 1. The molecule has 1 atom stereocenters. The maximum Gasteiger partial charge on any atom is 0.227 e. The summed E-state index contributed by atoms with van der Waals surface area (Å²) in [6.07, 6.45) is 6.47. The van der Waals surface area contributed by atoms with E-state index in [1.54, 1.807) is 12.4 Å². The number of likely N-dealkylation sites (tertiary alicyclic amines) is 1. The van der Waals surface area contributed by atoms with Crippen LogP contribution in [0.25, 0.3) is 0 Å². The molecule has 2 N–H and O–H groups in total. The number of amides is 1. The summed E-state index contributed by atoms with van der Waals surface area (Å²) in [5.74, 6) is 0.123. The Morgan fingerprint density at radius 2 is 2.00 bits per heavy atom. The number of carbonyl (C=O) groups excluding carboxylic acids is 1. The number of rotatable bonds is 4. The zero-order valence-corrected chi connectivity index (χ0v) is 10.0. The van der Waals surface area contributed by atoms with Crippen LogP contribution < -0.4 is 5.73 Å². The monoisotopic (exact) mass is 233 g/mol. The van der Waals surface area contributed by atoms with Crippen LogP contribution in [-0.4, -0.2) is 35.4 Å². The van der Waals surface area contributed by atoms with E-state index in [2.05, 4.69) is 4.98 Å². The zero-order valence-electron chi connectivity index (χ0n) is 10.0. The molecule has 0 bridgehead atoms. The van der Waals surface area contributed by atoms with Crippen molar-refractivity contribution in [3.63, 3.8) is 0 Å². The van der Waals surface area contributed by atoms with Crippen LogP contribution in [0.4, 0.5) is 0 Å². The highest BCUT2D eigenvalue weighted by molar-refractivity contribution is 5.79.